The number of hydrogen-bond donors (Lipinski definition) is 2. The third-order valence-electron chi connectivity index (χ3n) is 3.74. The van der Waals surface area contributed by atoms with Crippen LogP contribution in [0.1, 0.15) is 21.5 Å². The number of benzene rings is 2. The maximum Gasteiger partial charge on any atom is 0.254 e. The number of phenols is 1. The van der Waals surface area contributed by atoms with E-state index in [0.29, 0.717) is 24.3 Å². The van der Waals surface area contributed by atoms with Gasteiger partial charge in [-0.3, -0.25) is 4.79 Å². The Kier molecular flexibility index (Phi) is 3.59. The van der Waals surface area contributed by atoms with E-state index in [-0.39, 0.29) is 11.7 Å². The molecule has 0 aliphatic carbocycles. The van der Waals surface area contributed by atoms with Crippen LogP contribution in [-0.4, -0.2) is 22.5 Å². The van der Waals surface area contributed by atoms with Crippen LogP contribution in [0.15, 0.2) is 40.9 Å². The Morgan fingerprint density at radius 2 is 2.00 bits per heavy atom. The second-order valence-electron chi connectivity index (χ2n) is 5.17. The van der Waals surface area contributed by atoms with Crippen molar-refractivity contribution < 1.29 is 9.90 Å². The van der Waals surface area contributed by atoms with Gasteiger partial charge in [0.05, 0.1) is 0 Å². The van der Waals surface area contributed by atoms with Crippen LogP contribution in [0.3, 0.4) is 0 Å². The van der Waals surface area contributed by atoms with Crippen molar-refractivity contribution in [3.63, 3.8) is 0 Å². The zero-order chi connectivity index (χ0) is 15.0. The van der Waals surface area contributed by atoms with Crippen LogP contribution in [0.5, 0.6) is 5.75 Å². The fourth-order valence-corrected chi connectivity index (χ4v) is 2.94. The number of nitrogens with two attached hydrogens (primary N) is 1. The number of phenolic OH excluding ortho intramolecular Hbond substituents is 1. The number of hydrogen-bond acceptors (Lipinski definition) is 3. The molecule has 1 heterocycles. The molecule has 1 aliphatic rings. The molecule has 1 amide bonds. The molecule has 3 rings (SSSR count). The van der Waals surface area contributed by atoms with Crippen molar-refractivity contribution in [3.05, 3.63) is 57.6 Å². The lowest BCUT2D eigenvalue weighted by Crippen LogP contribution is -2.35. The van der Waals surface area contributed by atoms with Crippen molar-refractivity contribution >= 4 is 27.5 Å². The summed E-state index contributed by atoms with van der Waals surface area (Å²) in [4.78, 5) is 14.4. The summed E-state index contributed by atoms with van der Waals surface area (Å²) >= 11 is 3.34. The minimum Gasteiger partial charge on any atom is -0.508 e. The quantitative estimate of drug-likeness (QED) is 0.780. The Hall–Kier alpha value is -2.01. The van der Waals surface area contributed by atoms with E-state index in [9.17, 15) is 9.90 Å². The molecule has 0 radical (unpaired) electrons. The molecule has 2 aromatic carbocycles. The van der Waals surface area contributed by atoms with Crippen LogP contribution in [0.4, 0.5) is 5.69 Å². The number of amides is 1. The number of fused-ring (bicyclic) bond motifs is 1. The van der Waals surface area contributed by atoms with Gasteiger partial charge in [-0.2, -0.15) is 0 Å². The third-order valence-corrected chi connectivity index (χ3v) is 4.42. The molecule has 21 heavy (non-hydrogen) atoms. The van der Waals surface area contributed by atoms with Gasteiger partial charge in [0.15, 0.2) is 0 Å². The number of carbonyl (C=O) groups excluding carboxylic acids is 1. The van der Waals surface area contributed by atoms with E-state index >= 15 is 0 Å². The summed E-state index contributed by atoms with van der Waals surface area (Å²) in [7, 11) is 0. The third kappa shape index (κ3) is 2.74. The lowest BCUT2D eigenvalue weighted by molar-refractivity contribution is 0.0734. The normalized spacial score (nSPS) is 13.9. The van der Waals surface area contributed by atoms with Crippen LogP contribution in [0, 0.1) is 0 Å². The smallest absolute Gasteiger partial charge is 0.254 e. The minimum atomic E-state index is -0.0234. The lowest BCUT2D eigenvalue weighted by atomic mass is 9.99. The molecule has 0 spiro atoms. The Morgan fingerprint density at radius 3 is 2.76 bits per heavy atom. The first kappa shape index (κ1) is 13.9. The molecule has 2 aromatic rings. The van der Waals surface area contributed by atoms with Gasteiger partial charge in [0, 0.05) is 28.8 Å². The molecule has 0 unspecified atom stereocenters. The summed E-state index contributed by atoms with van der Waals surface area (Å²) < 4.78 is 0.725. The first-order valence-electron chi connectivity index (χ1n) is 6.69. The number of nitrogens with zero attached hydrogens (tertiary/aromatic N) is 1. The van der Waals surface area contributed by atoms with E-state index in [1.54, 1.807) is 35.2 Å². The van der Waals surface area contributed by atoms with Gasteiger partial charge >= 0.3 is 0 Å². The largest absolute Gasteiger partial charge is 0.508 e. The fourth-order valence-electron chi connectivity index (χ4n) is 2.56. The number of rotatable bonds is 1. The van der Waals surface area contributed by atoms with Crippen molar-refractivity contribution in [2.45, 2.75) is 13.0 Å². The highest BCUT2D eigenvalue weighted by Gasteiger charge is 2.22. The average Bonchev–Trinajstić information content (AvgIpc) is 2.48. The van der Waals surface area contributed by atoms with Crippen molar-refractivity contribution in [2.24, 2.45) is 0 Å². The summed E-state index contributed by atoms with van der Waals surface area (Å²) in [5.41, 5.74) is 9.16. The summed E-state index contributed by atoms with van der Waals surface area (Å²) in [6, 6.07) is 10.5. The molecule has 0 aromatic heterocycles. The molecular formula is C16H15BrN2O2. The second kappa shape index (κ2) is 5.41. The molecular weight excluding hydrogens is 332 g/mol. The zero-order valence-corrected chi connectivity index (χ0v) is 12.9. The Morgan fingerprint density at radius 1 is 1.19 bits per heavy atom. The maximum atomic E-state index is 12.6. The van der Waals surface area contributed by atoms with Crippen molar-refractivity contribution in [1.29, 1.82) is 0 Å². The Bertz CT molecular complexity index is 715. The number of nitrogen functional groups attached to an aromatic ring is 1. The van der Waals surface area contributed by atoms with Crippen LogP contribution in [-0.2, 0) is 13.0 Å². The lowest BCUT2D eigenvalue weighted by Gasteiger charge is -2.29. The molecule has 1 aliphatic heterocycles. The van der Waals surface area contributed by atoms with Gasteiger partial charge in [0.2, 0.25) is 0 Å². The number of aromatic hydroxyl groups is 1. The van der Waals surface area contributed by atoms with Gasteiger partial charge in [-0.15, -0.1) is 0 Å². The van der Waals surface area contributed by atoms with Gasteiger partial charge < -0.3 is 15.7 Å². The van der Waals surface area contributed by atoms with Crippen LogP contribution in [0.25, 0.3) is 0 Å². The SMILES string of the molecule is Nc1ccc(C(=O)N2CCc3ccc(O)cc3C2)cc1Br. The van der Waals surface area contributed by atoms with Gasteiger partial charge in [-0.25, -0.2) is 0 Å². The molecule has 0 bridgehead atoms. The summed E-state index contributed by atoms with van der Waals surface area (Å²) in [5, 5.41) is 9.57. The van der Waals surface area contributed by atoms with Crippen molar-refractivity contribution in [3.8, 4) is 5.75 Å². The molecule has 0 atom stereocenters. The molecule has 3 N–H and O–H groups in total. The van der Waals surface area contributed by atoms with E-state index < -0.39 is 0 Å². The molecule has 108 valence electrons. The number of anilines is 1. The molecule has 4 nitrogen and oxygen atoms in total. The van der Waals surface area contributed by atoms with E-state index in [1.165, 1.54) is 5.56 Å². The molecule has 5 heteroatoms. The average molecular weight is 347 g/mol. The highest BCUT2D eigenvalue weighted by atomic mass is 79.9. The van der Waals surface area contributed by atoms with E-state index in [0.717, 1.165) is 16.5 Å². The predicted octanol–water partition coefficient (Wildman–Crippen LogP) is 2.94. The van der Waals surface area contributed by atoms with Gasteiger partial charge in [0.1, 0.15) is 5.75 Å². The van der Waals surface area contributed by atoms with Crippen LogP contribution < -0.4 is 5.73 Å². The summed E-state index contributed by atoms with van der Waals surface area (Å²) in [6.07, 6.45) is 0.803. The maximum absolute atomic E-state index is 12.6. The molecule has 0 fully saturated rings. The Balaban J connectivity index is 1.85. The van der Waals surface area contributed by atoms with E-state index in [1.807, 2.05) is 6.07 Å². The number of carbonyl (C=O) groups is 1. The first-order valence-corrected chi connectivity index (χ1v) is 7.49. The number of halogens is 1. The first-order chi connectivity index (χ1) is 10.0. The fraction of sp³-hybridized carbons (Fsp3) is 0.188. The van der Waals surface area contributed by atoms with Crippen LogP contribution >= 0.6 is 15.9 Å². The predicted molar refractivity (Wildman–Crippen MR) is 85.1 cm³/mol. The van der Waals surface area contributed by atoms with Crippen molar-refractivity contribution in [1.82, 2.24) is 4.90 Å². The van der Waals surface area contributed by atoms with Gasteiger partial charge in [-0.05, 0) is 63.8 Å². The van der Waals surface area contributed by atoms with Crippen LogP contribution in [0.2, 0.25) is 0 Å². The summed E-state index contributed by atoms with van der Waals surface area (Å²) in [5.74, 6) is 0.211. The Labute approximate surface area is 131 Å². The molecule has 0 saturated carbocycles. The monoisotopic (exact) mass is 346 g/mol. The van der Waals surface area contributed by atoms with Gasteiger partial charge in [0.25, 0.3) is 5.91 Å². The highest BCUT2D eigenvalue weighted by Crippen LogP contribution is 2.26. The zero-order valence-electron chi connectivity index (χ0n) is 11.3. The summed E-state index contributed by atoms with van der Waals surface area (Å²) in [6.45, 7) is 1.20. The standard InChI is InChI=1S/C16H15BrN2O2/c17-14-8-11(2-4-15(14)18)16(21)19-6-5-10-1-3-13(20)7-12(10)9-19/h1-4,7-8,20H,5-6,9,18H2. The van der Waals surface area contributed by atoms with E-state index in [4.69, 9.17) is 5.73 Å². The second-order valence-corrected chi connectivity index (χ2v) is 6.02. The van der Waals surface area contributed by atoms with Gasteiger partial charge in [-0.1, -0.05) is 6.07 Å². The topological polar surface area (TPSA) is 66.6 Å². The highest BCUT2D eigenvalue weighted by molar-refractivity contribution is 9.10. The minimum absolute atomic E-state index is 0.0234. The molecule has 0 saturated heterocycles. The van der Waals surface area contributed by atoms with E-state index in [2.05, 4.69) is 15.9 Å². The van der Waals surface area contributed by atoms with Crippen molar-refractivity contribution in [2.75, 3.05) is 12.3 Å².